The van der Waals surface area contributed by atoms with E-state index >= 15 is 0 Å². The summed E-state index contributed by atoms with van der Waals surface area (Å²) in [5.74, 6) is -1.33. The van der Waals surface area contributed by atoms with Gasteiger partial charge in [0.15, 0.2) is 9.84 Å². The summed E-state index contributed by atoms with van der Waals surface area (Å²) < 4.78 is 23.1. The van der Waals surface area contributed by atoms with Gasteiger partial charge in [-0.15, -0.1) is 0 Å². The average molecular weight is 318 g/mol. The second-order valence-electron chi connectivity index (χ2n) is 5.33. The maximum atomic E-state index is 12.5. The van der Waals surface area contributed by atoms with Crippen molar-refractivity contribution >= 4 is 21.8 Å². The second-order valence-corrected chi connectivity index (χ2v) is 7.56. The Hall–Kier alpha value is -1.57. The molecule has 1 aliphatic rings. The number of amides is 2. The van der Waals surface area contributed by atoms with Crippen molar-refractivity contribution in [1.82, 2.24) is 9.80 Å². The molecule has 0 aromatic carbocycles. The molecule has 1 atom stereocenters. The number of hydrogen-bond acceptors (Lipinski definition) is 4. The van der Waals surface area contributed by atoms with E-state index in [1.807, 2.05) is 0 Å². The second kappa shape index (κ2) is 6.93. The van der Waals surface area contributed by atoms with Gasteiger partial charge in [-0.1, -0.05) is 12.2 Å². The summed E-state index contributed by atoms with van der Waals surface area (Å²) in [6, 6.07) is -1.03. The summed E-state index contributed by atoms with van der Waals surface area (Å²) in [5.41, 5.74) is 0.777. The van der Waals surface area contributed by atoms with Crippen molar-refractivity contribution in [2.45, 2.75) is 26.3 Å². The zero-order valence-electron chi connectivity index (χ0n) is 12.4. The molecule has 0 radical (unpaired) electrons. The van der Waals surface area contributed by atoms with E-state index in [2.05, 4.69) is 6.58 Å². The van der Waals surface area contributed by atoms with Crippen molar-refractivity contribution in [3.8, 4) is 0 Å². The van der Waals surface area contributed by atoms with Crippen LogP contribution in [0, 0.1) is 0 Å². The molecular formula is C13H22N2O5S. The fourth-order valence-electron chi connectivity index (χ4n) is 2.34. The van der Waals surface area contributed by atoms with Crippen LogP contribution in [0.5, 0.6) is 0 Å². The van der Waals surface area contributed by atoms with Crippen LogP contribution < -0.4 is 0 Å². The lowest BCUT2D eigenvalue weighted by molar-refractivity contribution is -0.138. The molecule has 0 aromatic heterocycles. The van der Waals surface area contributed by atoms with Crippen LogP contribution in [-0.2, 0) is 14.6 Å². The molecule has 0 bridgehead atoms. The van der Waals surface area contributed by atoms with Crippen LogP contribution >= 0.6 is 0 Å². The zero-order valence-corrected chi connectivity index (χ0v) is 13.2. The van der Waals surface area contributed by atoms with Crippen LogP contribution in [0.1, 0.15) is 20.3 Å². The van der Waals surface area contributed by atoms with Crippen LogP contribution in [-0.4, -0.2) is 72.5 Å². The van der Waals surface area contributed by atoms with Gasteiger partial charge in [-0.3, -0.25) is 4.79 Å². The molecule has 21 heavy (non-hydrogen) atoms. The van der Waals surface area contributed by atoms with Gasteiger partial charge in [-0.25, -0.2) is 13.2 Å². The van der Waals surface area contributed by atoms with Crippen molar-refractivity contribution in [2.24, 2.45) is 0 Å². The summed E-state index contributed by atoms with van der Waals surface area (Å²) in [5, 5.41) is 8.98. The maximum Gasteiger partial charge on any atom is 0.323 e. The van der Waals surface area contributed by atoms with E-state index in [1.165, 1.54) is 4.90 Å². The van der Waals surface area contributed by atoms with Gasteiger partial charge in [0, 0.05) is 19.1 Å². The topological polar surface area (TPSA) is 95.0 Å². The van der Waals surface area contributed by atoms with Crippen LogP contribution in [0.2, 0.25) is 0 Å². The Bertz CT molecular complexity index is 529. The van der Waals surface area contributed by atoms with E-state index in [-0.39, 0.29) is 17.9 Å². The van der Waals surface area contributed by atoms with E-state index in [0.717, 1.165) is 10.5 Å². The number of carbonyl (C=O) groups is 2. The van der Waals surface area contributed by atoms with E-state index in [9.17, 15) is 18.0 Å². The Morgan fingerprint density at radius 2 is 1.95 bits per heavy atom. The molecule has 0 spiro atoms. The highest BCUT2D eigenvalue weighted by Crippen LogP contribution is 2.19. The largest absolute Gasteiger partial charge is 0.480 e. The fraction of sp³-hybridized carbons (Fsp3) is 0.692. The van der Waals surface area contributed by atoms with E-state index in [1.54, 1.807) is 13.8 Å². The zero-order chi connectivity index (χ0) is 16.2. The number of likely N-dealkylation sites (N-methyl/N-ethyl adjacent to an activating group) is 1. The molecule has 1 N–H and O–H groups in total. The quantitative estimate of drug-likeness (QED) is 0.723. The first-order chi connectivity index (χ1) is 9.66. The molecule has 7 nitrogen and oxygen atoms in total. The molecule has 1 aliphatic heterocycles. The normalized spacial score (nSPS) is 20.0. The minimum atomic E-state index is -3.19. The van der Waals surface area contributed by atoms with Gasteiger partial charge in [-0.05, 0) is 20.3 Å². The Labute approximate surface area is 125 Å². The summed E-state index contributed by atoms with van der Waals surface area (Å²) in [6.45, 7) is 7.53. The Kier molecular flexibility index (Phi) is 5.77. The van der Waals surface area contributed by atoms with Gasteiger partial charge < -0.3 is 14.9 Å². The van der Waals surface area contributed by atoms with Crippen LogP contribution in [0.25, 0.3) is 0 Å². The van der Waals surface area contributed by atoms with Crippen molar-refractivity contribution in [3.63, 3.8) is 0 Å². The van der Waals surface area contributed by atoms with Crippen molar-refractivity contribution in [1.29, 1.82) is 0 Å². The lowest BCUT2D eigenvalue weighted by atomic mass is 10.2. The van der Waals surface area contributed by atoms with Gasteiger partial charge in [0.25, 0.3) is 0 Å². The SMILES string of the molecule is C=C(C)CN(CC)C(=O)N(CC(=O)O)C1CCS(=O)(=O)C1. The van der Waals surface area contributed by atoms with Gasteiger partial charge in [0.1, 0.15) is 6.54 Å². The van der Waals surface area contributed by atoms with Gasteiger partial charge >= 0.3 is 12.0 Å². The molecule has 1 saturated heterocycles. The lowest BCUT2D eigenvalue weighted by Gasteiger charge is -2.32. The number of urea groups is 1. The van der Waals surface area contributed by atoms with Crippen LogP contribution in [0.3, 0.4) is 0 Å². The molecule has 120 valence electrons. The molecule has 1 fully saturated rings. The molecule has 2 amide bonds. The molecular weight excluding hydrogens is 296 g/mol. The third-order valence-electron chi connectivity index (χ3n) is 3.31. The van der Waals surface area contributed by atoms with Crippen LogP contribution in [0.4, 0.5) is 4.79 Å². The smallest absolute Gasteiger partial charge is 0.323 e. The molecule has 1 unspecified atom stereocenters. The van der Waals surface area contributed by atoms with Crippen molar-refractivity contribution in [2.75, 3.05) is 31.1 Å². The predicted molar refractivity (Wildman–Crippen MR) is 78.9 cm³/mol. The highest BCUT2D eigenvalue weighted by molar-refractivity contribution is 7.91. The van der Waals surface area contributed by atoms with Crippen LogP contribution in [0.15, 0.2) is 12.2 Å². The third-order valence-corrected chi connectivity index (χ3v) is 5.06. The first kappa shape index (κ1) is 17.5. The number of carboxylic acid groups (broad SMARTS) is 1. The molecule has 1 rings (SSSR count). The number of nitrogens with zero attached hydrogens (tertiary/aromatic N) is 2. The van der Waals surface area contributed by atoms with E-state index < -0.39 is 34.4 Å². The molecule has 0 saturated carbocycles. The maximum absolute atomic E-state index is 12.5. The lowest BCUT2D eigenvalue weighted by Crippen LogP contribution is -2.51. The van der Waals surface area contributed by atoms with E-state index in [4.69, 9.17) is 5.11 Å². The number of sulfone groups is 1. The average Bonchev–Trinajstić information content (AvgIpc) is 2.72. The van der Waals surface area contributed by atoms with Gasteiger partial charge in [0.05, 0.1) is 11.5 Å². The van der Waals surface area contributed by atoms with E-state index in [0.29, 0.717) is 13.1 Å². The number of rotatable bonds is 6. The monoisotopic (exact) mass is 318 g/mol. The highest BCUT2D eigenvalue weighted by atomic mass is 32.2. The highest BCUT2D eigenvalue weighted by Gasteiger charge is 2.37. The van der Waals surface area contributed by atoms with Crippen molar-refractivity contribution < 1.29 is 23.1 Å². The van der Waals surface area contributed by atoms with Crippen molar-refractivity contribution in [3.05, 3.63) is 12.2 Å². The number of carboxylic acids is 1. The van der Waals surface area contributed by atoms with Gasteiger partial charge in [-0.2, -0.15) is 0 Å². The molecule has 0 aliphatic carbocycles. The minimum Gasteiger partial charge on any atom is -0.480 e. The minimum absolute atomic E-state index is 0.00627. The Morgan fingerprint density at radius 3 is 2.33 bits per heavy atom. The number of aliphatic carboxylic acids is 1. The molecule has 8 heteroatoms. The predicted octanol–water partition coefficient (Wildman–Crippen LogP) is 0.578. The number of carbonyl (C=O) groups excluding carboxylic acids is 1. The summed E-state index contributed by atoms with van der Waals surface area (Å²) >= 11 is 0. The van der Waals surface area contributed by atoms with Gasteiger partial charge in [0.2, 0.25) is 0 Å². The standard InChI is InChI=1S/C13H22N2O5S/c1-4-14(7-10(2)3)13(18)15(8-12(16)17)11-5-6-21(19,20)9-11/h11H,2,4-9H2,1,3H3,(H,16,17). The first-order valence-electron chi connectivity index (χ1n) is 6.78. The first-order valence-corrected chi connectivity index (χ1v) is 8.60. The molecule has 1 heterocycles. The number of hydrogen-bond donors (Lipinski definition) is 1. The molecule has 0 aromatic rings. The Morgan fingerprint density at radius 1 is 1.33 bits per heavy atom. The summed E-state index contributed by atoms with van der Waals surface area (Å²) in [6.07, 6.45) is 0.284. The summed E-state index contributed by atoms with van der Waals surface area (Å²) in [4.78, 5) is 26.1. The summed E-state index contributed by atoms with van der Waals surface area (Å²) in [7, 11) is -3.19. The third kappa shape index (κ3) is 5.04. The fourth-order valence-corrected chi connectivity index (χ4v) is 4.07. The Balaban J connectivity index is 2.93.